The Labute approximate surface area is 135 Å². The van der Waals surface area contributed by atoms with Gasteiger partial charge in [0.2, 0.25) is 0 Å². The summed E-state index contributed by atoms with van der Waals surface area (Å²) in [6.45, 7) is 6.91. The van der Waals surface area contributed by atoms with E-state index in [-0.39, 0.29) is 5.91 Å². The first kappa shape index (κ1) is 16.6. The second-order valence-electron chi connectivity index (χ2n) is 5.98. The second-order valence-corrected chi connectivity index (χ2v) is 6.77. The molecule has 0 aliphatic carbocycles. The Morgan fingerprint density at radius 1 is 1.24 bits per heavy atom. The van der Waals surface area contributed by atoms with Crippen LogP contribution in [0.5, 0.6) is 0 Å². The Morgan fingerprint density at radius 2 is 1.86 bits per heavy atom. The average Bonchev–Trinajstić information content (AvgIpc) is 2.40. The number of rotatable bonds is 3. The monoisotopic (exact) mass is 330 g/mol. The van der Waals surface area contributed by atoms with Crippen molar-refractivity contribution < 1.29 is 9.90 Å². The first-order valence-electron chi connectivity index (χ1n) is 6.96. The van der Waals surface area contributed by atoms with Gasteiger partial charge in [0.1, 0.15) is 0 Å². The van der Waals surface area contributed by atoms with E-state index in [1.54, 1.807) is 36.9 Å². The number of carbonyl (C=O) groups excluding carboxylic acids is 1. The molecular formula is C15H20Cl2N2O2. The molecule has 0 bridgehead atoms. The van der Waals surface area contributed by atoms with Gasteiger partial charge in [-0.15, -0.1) is 0 Å². The van der Waals surface area contributed by atoms with Crippen LogP contribution in [0.25, 0.3) is 0 Å². The molecule has 2 rings (SSSR count). The van der Waals surface area contributed by atoms with Crippen molar-refractivity contribution in [3.8, 4) is 0 Å². The van der Waals surface area contributed by atoms with Crippen LogP contribution in [0.3, 0.4) is 0 Å². The highest BCUT2D eigenvalue weighted by Crippen LogP contribution is 2.26. The van der Waals surface area contributed by atoms with E-state index < -0.39 is 5.60 Å². The van der Waals surface area contributed by atoms with Crippen LogP contribution in [0.4, 0.5) is 0 Å². The zero-order chi connectivity index (χ0) is 15.6. The van der Waals surface area contributed by atoms with E-state index in [1.807, 2.05) is 0 Å². The summed E-state index contributed by atoms with van der Waals surface area (Å²) in [7, 11) is 0. The predicted molar refractivity (Wildman–Crippen MR) is 85.1 cm³/mol. The van der Waals surface area contributed by atoms with Gasteiger partial charge in [0, 0.05) is 32.7 Å². The molecule has 6 heteroatoms. The van der Waals surface area contributed by atoms with Gasteiger partial charge in [-0.25, -0.2) is 0 Å². The highest BCUT2D eigenvalue weighted by molar-refractivity contribution is 6.43. The second kappa shape index (κ2) is 6.53. The van der Waals surface area contributed by atoms with Crippen LogP contribution in [0.2, 0.25) is 10.0 Å². The minimum atomic E-state index is -0.720. The number of carbonyl (C=O) groups is 1. The largest absolute Gasteiger partial charge is 0.389 e. The van der Waals surface area contributed by atoms with Crippen LogP contribution in [0.1, 0.15) is 24.2 Å². The van der Waals surface area contributed by atoms with Crippen molar-refractivity contribution in [2.45, 2.75) is 19.4 Å². The Hall–Kier alpha value is -0.810. The first-order valence-corrected chi connectivity index (χ1v) is 7.71. The molecule has 0 atom stereocenters. The zero-order valence-electron chi connectivity index (χ0n) is 12.3. The van der Waals surface area contributed by atoms with E-state index in [2.05, 4.69) is 4.90 Å². The van der Waals surface area contributed by atoms with E-state index in [1.165, 1.54) is 0 Å². The van der Waals surface area contributed by atoms with E-state index in [0.29, 0.717) is 35.2 Å². The van der Waals surface area contributed by atoms with Crippen LogP contribution in [-0.4, -0.2) is 59.1 Å². The lowest BCUT2D eigenvalue weighted by Crippen LogP contribution is -2.52. The maximum absolute atomic E-state index is 12.5. The van der Waals surface area contributed by atoms with Crippen LogP contribution in [-0.2, 0) is 0 Å². The summed E-state index contributed by atoms with van der Waals surface area (Å²) in [5, 5.41) is 10.5. The van der Waals surface area contributed by atoms with Gasteiger partial charge in [-0.1, -0.05) is 29.3 Å². The standard InChI is InChI=1S/C15H20Cl2N2O2/c1-15(2,21)10-18-6-8-19(9-7-18)14(20)11-4-3-5-12(16)13(11)17/h3-5,21H,6-10H2,1-2H3. The molecule has 1 fully saturated rings. The van der Waals surface area contributed by atoms with Gasteiger partial charge in [-0.3, -0.25) is 9.69 Å². The van der Waals surface area contributed by atoms with Crippen LogP contribution < -0.4 is 0 Å². The summed E-state index contributed by atoms with van der Waals surface area (Å²) in [5.41, 5.74) is -0.275. The van der Waals surface area contributed by atoms with Crippen molar-refractivity contribution in [2.75, 3.05) is 32.7 Å². The quantitative estimate of drug-likeness (QED) is 0.926. The molecule has 4 nitrogen and oxygen atoms in total. The fourth-order valence-corrected chi connectivity index (χ4v) is 2.88. The number of amides is 1. The molecule has 0 unspecified atom stereocenters. The highest BCUT2D eigenvalue weighted by atomic mass is 35.5. The molecule has 1 aliphatic heterocycles. The molecule has 1 N–H and O–H groups in total. The van der Waals surface area contributed by atoms with Crippen LogP contribution >= 0.6 is 23.2 Å². The Balaban J connectivity index is 1.99. The summed E-state index contributed by atoms with van der Waals surface area (Å²) < 4.78 is 0. The van der Waals surface area contributed by atoms with Crippen molar-refractivity contribution >= 4 is 29.1 Å². The third-order valence-electron chi connectivity index (χ3n) is 3.45. The Morgan fingerprint density at radius 3 is 2.43 bits per heavy atom. The van der Waals surface area contributed by atoms with Crippen molar-refractivity contribution in [2.24, 2.45) is 0 Å². The molecule has 21 heavy (non-hydrogen) atoms. The van der Waals surface area contributed by atoms with E-state index in [4.69, 9.17) is 23.2 Å². The number of halogens is 2. The molecule has 1 aromatic carbocycles. The van der Waals surface area contributed by atoms with Gasteiger partial charge in [0.15, 0.2) is 0 Å². The van der Waals surface area contributed by atoms with Gasteiger partial charge in [-0.05, 0) is 26.0 Å². The van der Waals surface area contributed by atoms with Crippen molar-refractivity contribution in [3.05, 3.63) is 33.8 Å². The number of piperazine rings is 1. The topological polar surface area (TPSA) is 43.8 Å². The summed E-state index contributed by atoms with van der Waals surface area (Å²) >= 11 is 12.1. The molecule has 1 aromatic rings. The number of aliphatic hydroxyl groups is 1. The van der Waals surface area contributed by atoms with Crippen molar-refractivity contribution in [1.29, 1.82) is 0 Å². The van der Waals surface area contributed by atoms with Crippen molar-refractivity contribution in [3.63, 3.8) is 0 Å². The molecule has 0 aromatic heterocycles. The minimum Gasteiger partial charge on any atom is -0.389 e. The maximum Gasteiger partial charge on any atom is 0.255 e. The van der Waals surface area contributed by atoms with Gasteiger partial charge < -0.3 is 10.0 Å². The lowest BCUT2D eigenvalue weighted by Gasteiger charge is -2.37. The van der Waals surface area contributed by atoms with Gasteiger partial charge >= 0.3 is 0 Å². The molecule has 1 heterocycles. The van der Waals surface area contributed by atoms with Gasteiger partial charge in [0.05, 0.1) is 21.2 Å². The van der Waals surface area contributed by atoms with E-state index in [0.717, 1.165) is 13.1 Å². The SMILES string of the molecule is CC(C)(O)CN1CCN(C(=O)c2cccc(Cl)c2Cl)CC1. The van der Waals surface area contributed by atoms with Crippen LogP contribution in [0.15, 0.2) is 18.2 Å². The maximum atomic E-state index is 12.5. The summed E-state index contributed by atoms with van der Waals surface area (Å²) in [6, 6.07) is 5.09. The van der Waals surface area contributed by atoms with Gasteiger partial charge in [-0.2, -0.15) is 0 Å². The summed E-state index contributed by atoms with van der Waals surface area (Å²) in [5.74, 6) is -0.0922. The molecule has 1 saturated heterocycles. The summed E-state index contributed by atoms with van der Waals surface area (Å²) in [4.78, 5) is 16.4. The summed E-state index contributed by atoms with van der Waals surface area (Å²) in [6.07, 6.45) is 0. The third kappa shape index (κ3) is 4.33. The molecule has 116 valence electrons. The zero-order valence-corrected chi connectivity index (χ0v) is 13.8. The first-order chi connectivity index (χ1) is 9.78. The average molecular weight is 331 g/mol. The number of β-amino-alcohol motifs (C(OH)–C–C–N with tert-alkyl or cyclic N) is 1. The number of hydrogen-bond donors (Lipinski definition) is 1. The lowest BCUT2D eigenvalue weighted by molar-refractivity contribution is 0.0178. The number of nitrogens with zero attached hydrogens (tertiary/aromatic N) is 2. The molecule has 0 spiro atoms. The molecule has 0 saturated carbocycles. The van der Waals surface area contributed by atoms with Crippen LogP contribution in [0, 0.1) is 0 Å². The number of hydrogen-bond acceptors (Lipinski definition) is 3. The Bertz CT molecular complexity index is 521. The Kier molecular flexibility index (Phi) is 5.15. The predicted octanol–water partition coefficient (Wildman–Crippen LogP) is 2.52. The minimum absolute atomic E-state index is 0.0922. The fraction of sp³-hybridized carbons (Fsp3) is 0.533. The number of benzene rings is 1. The molecule has 1 amide bonds. The molecular weight excluding hydrogens is 311 g/mol. The van der Waals surface area contributed by atoms with Crippen molar-refractivity contribution in [1.82, 2.24) is 9.80 Å². The fourth-order valence-electron chi connectivity index (χ4n) is 2.50. The molecule has 1 aliphatic rings. The van der Waals surface area contributed by atoms with E-state index in [9.17, 15) is 9.90 Å². The highest BCUT2D eigenvalue weighted by Gasteiger charge is 2.26. The third-order valence-corrected chi connectivity index (χ3v) is 4.27. The lowest BCUT2D eigenvalue weighted by atomic mass is 10.1. The van der Waals surface area contributed by atoms with Gasteiger partial charge in [0.25, 0.3) is 5.91 Å². The smallest absolute Gasteiger partial charge is 0.255 e. The van der Waals surface area contributed by atoms with E-state index >= 15 is 0 Å². The molecule has 0 radical (unpaired) electrons. The normalized spacial score (nSPS) is 17.1.